The summed E-state index contributed by atoms with van der Waals surface area (Å²) in [5, 5.41) is 11.2. The molecule has 3 amide bonds. The van der Waals surface area contributed by atoms with Crippen LogP contribution in [0.3, 0.4) is 0 Å². The van der Waals surface area contributed by atoms with Gasteiger partial charge in [0.15, 0.2) is 5.75 Å². The standard InChI is InChI=1S/C32H45FN4O6/c1-6-10-21(4)32(5)36(20-25(38)34-16-18-43-19-17-34)30(41)27-23-13-15-35(14-9-12-22(8-3)24(33)11-7-2)29(40)26(23)28(39)31(42)37(27)32/h11-12,21,39H,6-10,13-20H2,1-5H3/b22-12-,24-11+. The molecule has 4 rings (SSSR count). The highest BCUT2D eigenvalue weighted by Gasteiger charge is 2.53. The van der Waals surface area contributed by atoms with Crippen LogP contribution in [-0.4, -0.2) is 88.0 Å². The van der Waals surface area contributed by atoms with Gasteiger partial charge in [-0.15, -0.1) is 0 Å². The van der Waals surface area contributed by atoms with Crippen molar-refractivity contribution in [3.05, 3.63) is 50.7 Å². The van der Waals surface area contributed by atoms with Gasteiger partial charge in [0.2, 0.25) is 5.91 Å². The first-order valence-electron chi connectivity index (χ1n) is 15.6. The van der Waals surface area contributed by atoms with Gasteiger partial charge in [0.25, 0.3) is 17.4 Å². The first kappa shape index (κ1) is 32.4. The summed E-state index contributed by atoms with van der Waals surface area (Å²) in [6.45, 7) is 11.5. The predicted octanol–water partition coefficient (Wildman–Crippen LogP) is 3.97. The van der Waals surface area contributed by atoms with Crippen molar-refractivity contribution in [2.75, 3.05) is 45.9 Å². The molecule has 2 unspecified atom stereocenters. The predicted molar refractivity (Wildman–Crippen MR) is 161 cm³/mol. The van der Waals surface area contributed by atoms with Gasteiger partial charge in [-0.25, -0.2) is 4.39 Å². The number of hydrogen-bond donors (Lipinski definition) is 1. The number of allylic oxidation sites excluding steroid dienone is 3. The summed E-state index contributed by atoms with van der Waals surface area (Å²) in [4.78, 5) is 59.7. The fourth-order valence-corrected chi connectivity index (χ4v) is 6.60. The molecule has 3 aliphatic rings. The normalized spacial score (nSPS) is 21.8. The van der Waals surface area contributed by atoms with Gasteiger partial charge in [-0.1, -0.05) is 40.2 Å². The quantitative estimate of drug-likeness (QED) is 0.385. The number of morpholine rings is 1. The van der Waals surface area contributed by atoms with Crippen LogP contribution in [0, 0.1) is 5.92 Å². The van der Waals surface area contributed by atoms with Crippen LogP contribution in [-0.2, 0) is 21.6 Å². The molecule has 0 bridgehead atoms. The van der Waals surface area contributed by atoms with Gasteiger partial charge in [0, 0.05) is 31.7 Å². The maximum atomic E-state index is 14.3. The average molecular weight is 601 g/mol. The lowest BCUT2D eigenvalue weighted by molar-refractivity contribution is -0.138. The molecule has 3 aliphatic heterocycles. The molecule has 1 fully saturated rings. The summed E-state index contributed by atoms with van der Waals surface area (Å²) < 4.78 is 21.0. The zero-order valence-electron chi connectivity index (χ0n) is 26.1. The van der Waals surface area contributed by atoms with Crippen molar-refractivity contribution in [2.24, 2.45) is 5.92 Å². The minimum atomic E-state index is -1.22. The Hall–Kier alpha value is -3.47. The van der Waals surface area contributed by atoms with Gasteiger partial charge < -0.3 is 24.5 Å². The zero-order valence-corrected chi connectivity index (χ0v) is 26.1. The van der Waals surface area contributed by atoms with Crippen LogP contribution in [0.25, 0.3) is 0 Å². The minimum absolute atomic E-state index is 0.0750. The maximum absolute atomic E-state index is 14.3. The summed E-state index contributed by atoms with van der Waals surface area (Å²) >= 11 is 0. The fourth-order valence-electron chi connectivity index (χ4n) is 6.60. The lowest BCUT2D eigenvalue weighted by atomic mass is 9.89. The van der Waals surface area contributed by atoms with Crippen molar-refractivity contribution in [3.63, 3.8) is 0 Å². The monoisotopic (exact) mass is 600 g/mol. The number of pyridine rings is 1. The summed E-state index contributed by atoms with van der Waals surface area (Å²) in [5.41, 5.74) is -1.20. The number of aromatic hydroxyl groups is 1. The van der Waals surface area contributed by atoms with Crippen LogP contribution in [0.2, 0.25) is 0 Å². The Kier molecular flexibility index (Phi) is 10.1. The Morgan fingerprint density at radius 1 is 1.09 bits per heavy atom. The summed E-state index contributed by atoms with van der Waals surface area (Å²) in [6, 6.07) is 0. The number of carbonyl (C=O) groups excluding carboxylic acids is 3. The number of nitrogens with zero attached hydrogens (tertiary/aromatic N) is 4. The highest BCUT2D eigenvalue weighted by atomic mass is 19.1. The number of carbonyl (C=O) groups is 3. The van der Waals surface area contributed by atoms with Crippen molar-refractivity contribution in [3.8, 4) is 5.75 Å². The molecule has 0 saturated carbocycles. The molecule has 11 heteroatoms. The minimum Gasteiger partial charge on any atom is -0.502 e. The summed E-state index contributed by atoms with van der Waals surface area (Å²) in [7, 11) is 0. The fraction of sp³-hybridized carbons (Fsp3) is 0.625. The molecule has 0 aromatic carbocycles. The Morgan fingerprint density at radius 2 is 1.79 bits per heavy atom. The highest BCUT2D eigenvalue weighted by molar-refractivity contribution is 6.05. The molecule has 236 valence electrons. The van der Waals surface area contributed by atoms with E-state index >= 15 is 0 Å². The Bertz CT molecular complexity index is 1380. The van der Waals surface area contributed by atoms with Gasteiger partial charge in [0.05, 0.1) is 18.8 Å². The van der Waals surface area contributed by atoms with E-state index < -0.39 is 28.8 Å². The van der Waals surface area contributed by atoms with Crippen LogP contribution >= 0.6 is 0 Å². The summed E-state index contributed by atoms with van der Waals surface area (Å²) in [5.74, 6) is -2.44. The smallest absolute Gasteiger partial charge is 0.296 e. The molecular formula is C32H45FN4O6. The van der Waals surface area contributed by atoms with Crippen LogP contribution in [0.5, 0.6) is 5.75 Å². The Balaban J connectivity index is 1.71. The number of hydrogen-bond acceptors (Lipinski definition) is 6. The van der Waals surface area contributed by atoms with E-state index in [2.05, 4.69) is 0 Å². The van der Waals surface area contributed by atoms with E-state index in [-0.39, 0.29) is 55.0 Å². The van der Waals surface area contributed by atoms with E-state index in [1.54, 1.807) is 17.9 Å². The first-order valence-corrected chi connectivity index (χ1v) is 15.6. The van der Waals surface area contributed by atoms with E-state index in [0.29, 0.717) is 63.1 Å². The largest absolute Gasteiger partial charge is 0.502 e. The third-order valence-corrected chi connectivity index (χ3v) is 9.21. The Morgan fingerprint density at radius 3 is 2.42 bits per heavy atom. The summed E-state index contributed by atoms with van der Waals surface area (Å²) in [6.07, 6.45) is 6.52. The van der Waals surface area contributed by atoms with Crippen LogP contribution in [0.1, 0.15) is 93.1 Å². The molecule has 0 spiro atoms. The third-order valence-electron chi connectivity index (χ3n) is 9.21. The van der Waals surface area contributed by atoms with E-state index in [4.69, 9.17) is 4.74 Å². The van der Waals surface area contributed by atoms with E-state index in [9.17, 15) is 28.7 Å². The molecule has 0 radical (unpaired) electrons. The van der Waals surface area contributed by atoms with Crippen molar-refractivity contribution in [1.29, 1.82) is 0 Å². The second kappa shape index (κ2) is 13.4. The SMILES string of the molecule is CC/C=C(F)\C(=C/CCN1CCc2c(c(O)c(=O)n3c2C(=O)N(CC(=O)N2CCOCC2)C3(C)C(C)CCC)C1=O)CC. The van der Waals surface area contributed by atoms with Crippen molar-refractivity contribution < 1.29 is 28.6 Å². The number of halogens is 1. The van der Waals surface area contributed by atoms with Gasteiger partial charge >= 0.3 is 0 Å². The second-order valence-electron chi connectivity index (χ2n) is 11.7. The number of amides is 3. The van der Waals surface area contributed by atoms with Gasteiger partial charge in [-0.2, -0.15) is 0 Å². The molecule has 2 atom stereocenters. The van der Waals surface area contributed by atoms with E-state index in [1.807, 2.05) is 27.7 Å². The Labute approximate surface area is 252 Å². The van der Waals surface area contributed by atoms with Gasteiger partial charge in [-0.3, -0.25) is 23.7 Å². The number of rotatable bonds is 11. The lowest BCUT2D eigenvalue weighted by Crippen LogP contribution is -2.56. The maximum Gasteiger partial charge on any atom is 0.296 e. The third kappa shape index (κ3) is 5.88. The number of fused-ring (bicyclic) bond motifs is 3. The van der Waals surface area contributed by atoms with Crippen molar-refractivity contribution in [1.82, 2.24) is 19.3 Å². The number of aromatic nitrogens is 1. The van der Waals surface area contributed by atoms with Crippen molar-refractivity contribution in [2.45, 2.75) is 78.8 Å². The molecule has 1 N–H and O–H groups in total. The van der Waals surface area contributed by atoms with E-state index in [0.717, 1.165) is 6.42 Å². The zero-order chi connectivity index (χ0) is 31.5. The molecular weight excluding hydrogens is 555 g/mol. The van der Waals surface area contributed by atoms with Crippen LogP contribution < -0.4 is 5.56 Å². The van der Waals surface area contributed by atoms with Crippen molar-refractivity contribution >= 4 is 17.7 Å². The molecule has 10 nitrogen and oxygen atoms in total. The van der Waals surface area contributed by atoms with Gasteiger partial charge in [0.1, 0.15) is 23.7 Å². The topological polar surface area (TPSA) is 112 Å². The average Bonchev–Trinajstić information content (AvgIpc) is 3.22. The first-order chi connectivity index (χ1) is 20.5. The second-order valence-corrected chi connectivity index (χ2v) is 11.7. The van der Waals surface area contributed by atoms with Crippen LogP contribution in [0.15, 0.2) is 28.3 Å². The lowest BCUT2D eigenvalue weighted by Gasteiger charge is -2.42. The molecule has 1 aromatic heterocycles. The molecule has 1 aromatic rings. The molecule has 4 heterocycles. The van der Waals surface area contributed by atoms with Crippen LogP contribution in [0.4, 0.5) is 4.39 Å². The molecule has 43 heavy (non-hydrogen) atoms. The molecule has 1 saturated heterocycles. The highest BCUT2D eigenvalue weighted by Crippen LogP contribution is 2.43. The van der Waals surface area contributed by atoms with Gasteiger partial charge in [-0.05, 0) is 56.6 Å². The molecule has 0 aliphatic carbocycles. The van der Waals surface area contributed by atoms with E-state index in [1.165, 1.54) is 20.4 Å². The number of ether oxygens (including phenoxy) is 1.